The second kappa shape index (κ2) is 13.0. The van der Waals surface area contributed by atoms with Gasteiger partial charge in [0.25, 0.3) is 5.91 Å². The van der Waals surface area contributed by atoms with Gasteiger partial charge in [-0.2, -0.15) is 11.3 Å². The highest BCUT2D eigenvalue weighted by atomic mass is 32.1. The van der Waals surface area contributed by atoms with Crippen molar-refractivity contribution in [3.63, 3.8) is 0 Å². The monoisotopic (exact) mass is 508 g/mol. The van der Waals surface area contributed by atoms with Gasteiger partial charge < -0.3 is 26.4 Å². The number of benzene rings is 1. The van der Waals surface area contributed by atoms with Crippen LogP contribution in [0.4, 0.5) is 21.9 Å². The number of nitrogens with one attached hydrogen (secondary N) is 3. The van der Waals surface area contributed by atoms with Crippen molar-refractivity contribution in [2.24, 2.45) is 0 Å². The van der Waals surface area contributed by atoms with Crippen molar-refractivity contribution in [3.8, 4) is 0 Å². The molecule has 3 heterocycles. The number of unbranched alkanes of at least 4 members (excludes halogenated alkanes) is 1. The number of para-hydroxylation sites is 2. The number of rotatable bonds is 10. The second-order valence-corrected chi connectivity index (χ2v) is 9.41. The number of pyridine rings is 1. The third-order valence-electron chi connectivity index (χ3n) is 6.04. The Labute approximate surface area is 215 Å². The number of thiophene rings is 1. The molecule has 0 bridgehead atoms. The van der Waals surface area contributed by atoms with Gasteiger partial charge in [0.05, 0.1) is 36.3 Å². The molecule has 1 saturated heterocycles. The number of carbonyl (C=O) groups is 2. The second-order valence-electron chi connectivity index (χ2n) is 8.63. The lowest BCUT2D eigenvalue weighted by molar-refractivity contribution is 0.0370. The van der Waals surface area contributed by atoms with E-state index in [1.165, 1.54) is 11.3 Å². The zero-order chi connectivity index (χ0) is 25.2. The van der Waals surface area contributed by atoms with E-state index in [9.17, 15) is 9.59 Å². The molecule has 2 aromatic heterocycles. The van der Waals surface area contributed by atoms with E-state index in [0.29, 0.717) is 11.4 Å². The summed E-state index contributed by atoms with van der Waals surface area (Å²) in [7, 11) is 0. The van der Waals surface area contributed by atoms with Crippen LogP contribution in [0.1, 0.15) is 41.4 Å². The van der Waals surface area contributed by atoms with Crippen LogP contribution < -0.4 is 21.7 Å². The van der Waals surface area contributed by atoms with Crippen LogP contribution >= 0.6 is 11.3 Å². The lowest BCUT2D eigenvalue weighted by atomic mass is 10.0. The lowest BCUT2D eigenvalue weighted by Gasteiger charge is -2.26. The van der Waals surface area contributed by atoms with Crippen LogP contribution in [0.3, 0.4) is 0 Å². The molecule has 5 N–H and O–H groups in total. The van der Waals surface area contributed by atoms with Crippen molar-refractivity contribution in [1.29, 1.82) is 0 Å². The van der Waals surface area contributed by atoms with E-state index < -0.39 is 0 Å². The van der Waals surface area contributed by atoms with Gasteiger partial charge in [-0.25, -0.2) is 4.79 Å². The number of ether oxygens (including phenoxy) is 1. The summed E-state index contributed by atoms with van der Waals surface area (Å²) >= 11 is 1.52. The van der Waals surface area contributed by atoms with E-state index >= 15 is 0 Å². The molecule has 1 aliphatic heterocycles. The van der Waals surface area contributed by atoms with E-state index in [0.717, 1.165) is 63.4 Å². The van der Waals surface area contributed by atoms with E-state index in [2.05, 4.69) is 25.8 Å². The van der Waals surface area contributed by atoms with Crippen LogP contribution in [0, 0.1) is 0 Å². The summed E-state index contributed by atoms with van der Waals surface area (Å²) in [5, 5.41) is 12.5. The summed E-state index contributed by atoms with van der Waals surface area (Å²) in [4.78, 5) is 32.1. The van der Waals surface area contributed by atoms with E-state index in [-0.39, 0.29) is 23.7 Å². The third kappa shape index (κ3) is 7.51. The van der Waals surface area contributed by atoms with Gasteiger partial charge in [0.15, 0.2) is 0 Å². The quantitative estimate of drug-likeness (QED) is 0.239. The molecule has 9 nitrogen and oxygen atoms in total. The fraction of sp³-hybridized carbons (Fsp3) is 0.346. The lowest BCUT2D eigenvalue weighted by Crippen LogP contribution is -2.37. The molecule has 3 amide bonds. The molecule has 1 atom stereocenters. The first-order valence-electron chi connectivity index (χ1n) is 12.1. The zero-order valence-electron chi connectivity index (χ0n) is 20.1. The number of hydrogen-bond donors (Lipinski definition) is 4. The van der Waals surface area contributed by atoms with Crippen molar-refractivity contribution in [2.45, 2.75) is 25.3 Å². The number of nitrogen functional groups attached to an aromatic ring is 1. The number of anilines is 3. The Morgan fingerprint density at radius 2 is 1.92 bits per heavy atom. The molecule has 0 spiro atoms. The Balaban J connectivity index is 1.38. The Hall–Kier alpha value is -3.47. The van der Waals surface area contributed by atoms with Gasteiger partial charge in [-0.3, -0.25) is 14.7 Å². The minimum atomic E-state index is -0.343. The fourth-order valence-corrected chi connectivity index (χ4v) is 4.62. The topological polar surface area (TPSA) is 122 Å². The van der Waals surface area contributed by atoms with Crippen LogP contribution in [0.5, 0.6) is 0 Å². The first-order chi connectivity index (χ1) is 17.6. The molecular weight excluding hydrogens is 476 g/mol. The smallest absolute Gasteiger partial charge is 0.319 e. The highest BCUT2D eigenvalue weighted by molar-refractivity contribution is 7.08. The first-order valence-corrected chi connectivity index (χ1v) is 13.0. The maximum absolute atomic E-state index is 12.6. The minimum absolute atomic E-state index is 0.234. The summed E-state index contributed by atoms with van der Waals surface area (Å²) < 4.78 is 5.42. The summed E-state index contributed by atoms with van der Waals surface area (Å²) in [5.41, 5.74) is 8.82. The predicted octanol–water partition coefficient (Wildman–Crippen LogP) is 4.34. The van der Waals surface area contributed by atoms with Crippen molar-refractivity contribution in [1.82, 2.24) is 15.2 Å². The van der Waals surface area contributed by atoms with E-state index in [4.69, 9.17) is 10.5 Å². The SMILES string of the molecule is Nc1ccccc1NC(=O)c1ccc(C(CCCCN2CCOCC2)NC(=O)Nc2ccsc2)cn1. The molecule has 10 heteroatoms. The van der Waals surface area contributed by atoms with Gasteiger partial charge in [-0.15, -0.1) is 0 Å². The molecule has 1 fully saturated rings. The number of carbonyl (C=O) groups excluding carboxylic acids is 2. The molecule has 0 radical (unpaired) electrons. The molecule has 4 rings (SSSR count). The molecule has 1 aromatic carbocycles. The average molecular weight is 509 g/mol. The maximum Gasteiger partial charge on any atom is 0.319 e. The number of hydrogen-bond acceptors (Lipinski definition) is 7. The largest absolute Gasteiger partial charge is 0.397 e. The van der Waals surface area contributed by atoms with Crippen LogP contribution in [-0.4, -0.2) is 54.7 Å². The number of nitrogens with zero attached hydrogens (tertiary/aromatic N) is 2. The third-order valence-corrected chi connectivity index (χ3v) is 6.72. The van der Waals surface area contributed by atoms with Crippen LogP contribution in [0.15, 0.2) is 59.4 Å². The van der Waals surface area contributed by atoms with Crippen molar-refractivity contribution >= 4 is 40.3 Å². The molecule has 1 aliphatic rings. The van der Waals surface area contributed by atoms with Gasteiger partial charge in [-0.05, 0) is 61.0 Å². The number of nitrogens with two attached hydrogens (primary N) is 1. The Bertz CT molecular complexity index is 1120. The number of amides is 3. The van der Waals surface area contributed by atoms with Gasteiger partial charge >= 0.3 is 6.03 Å². The number of urea groups is 1. The molecule has 0 saturated carbocycles. The van der Waals surface area contributed by atoms with Gasteiger partial charge in [-0.1, -0.05) is 18.2 Å². The summed E-state index contributed by atoms with van der Waals surface area (Å²) in [5.74, 6) is -0.343. The molecule has 0 aliphatic carbocycles. The first kappa shape index (κ1) is 25.6. The predicted molar refractivity (Wildman–Crippen MR) is 143 cm³/mol. The summed E-state index contributed by atoms with van der Waals surface area (Å²) in [6.45, 7) is 4.52. The van der Waals surface area contributed by atoms with Gasteiger partial charge in [0.1, 0.15) is 5.69 Å². The normalized spacial score (nSPS) is 14.7. The number of aromatic nitrogens is 1. The highest BCUT2D eigenvalue weighted by Gasteiger charge is 2.18. The fourth-order valence-electron chi connectivity index (χ4n) is 4.03. The zero-order valence-corrected chi connectivity index (χ0v) is 20.9. The minimum Gasteiger partial charge on any atom is -0.397 e. The van der Waals surface area contributed by atoms with Gasteiger partial charge in [0.2, 0.25) is 0 Å². The highest BCUT2D eigenvalue weighted by Crippen LogP contribution is 2.22. The van der Waals surface area contributed by atoms with Crippen LogP contribution in [0.2, 0.25) is 0 Å². The molecule has 3 aromatic rings. The van der Waals surface area contributed by atoms with E-state index in [1.807, 2.05) is 22.9 Å². The van der Waals surface area contributed by atoms with Gasteiger partial charge in [0, 0.05) is 24.7 Å². The van der Waals surface area contributed by atoms with Crippen molar-refractivity contribution < 1.29 is 14.3 Å². The molecule has 190 valence electrons. The van der Waals surface area contributed by atoms with Crippen LogP contribution in [0.25, 0.3) is 0 Å². The number of morpholine rings is 1. The molecule has 36 heavy (non-hydrogen) atoms. The van der Waals surface area contributed by atoms with E-state index in [1.54, 1.807) is 36.5 Å². The Kier molecular flexibility index (Phi) is 9.26. The molecule has 1 unspecified atom stereocenters. The summed E-state index contributed by atoms with van der Waals surface area (Å²) in [6, 6.07) is 11.9. The summed E-state index contributed by atoms with van der Waals surface area (Å²) in [6.07, 6.45) is 4.38. The van der Waals surface area contributed by atoms with Crippen molar-refractivity contribution in [2.75, 3.05) is 49.2 Å². The van der Waals surface area contributed by atoms with Crippen LogP contribution in [-0.2, 0) is 4.74 Å². The average Bonchev–Trinajstić information content (AvgIpc) is 3.41. The maximum atomic E-state index is 12.6. The Morgan fingerprint density at radius 1 is 1.08 bits per heavy atom. The standard InChI is InChI=1S/C26H32N6O3S/c27-21-5-1-2-7-23(21)30-25(33)24-9-8-19(17-28-24)22(31-26(34)29-20-10-16-36-18-20)6-3-4-11-32-12-14-35-15-13-32/h1-2,5,7-10,16-18,22H,3-4,6,11-15,27H2,(H,30,33)(H2,29,31,34). The molecular formula is C26H32N6O3S. The van der Waals surface area contributed by atoms with Crippen molar-refractivity contribution in [3.05, 3.63) is 70.7 Å². The Morgan fingerprint density at radius 3 is 2.64 bits per heavy atom.